The molecule has 0 aliphatic rings. The first kappa shape index (κ1) is 15.2. The Morgan fingerprint density at radius 1 is 1.15 bits per heavy atom. The summed E-state index contributed by atoms with van der Waals surface area (Å²) in [6, 6.07) is 13.5. The molecular weight excluding hydrogens is 407 g/mol. The van der Waals surface area contributed by atoms with Crippen LogP contribution in [-0.2, 0) is 10.0 Å². The van der Waals surface area contributed by atoms with Gasteiger partial charge in [-0.15, -0.1) is 0 Å². The Balaban J connectivity index is 2.44. The molecule has 2 aromatic carbocycles. The van der Waals surface area contributed by atoms with Gasteiger partial charge in [-0.25, -0.2) is 8.42 Å². The summed E-state index contributed by atoms with van der Waals surface area (Å²) in [5, 5.41) is 0. The van der Waals surface area contributed by atoms with Gasteiger partial charge in [0.1, 0.15) is 4.99 Å². The Morgan fingerprint density at radius 2 is 1.85 bits per heavy atom. The quantitative estimate of drug-likeness (QED) is 0.592. The lowest BCUT2D eigenvalue weighted by molar-refractivity contribution is 0.601. The smallest absolute Gasteiger partial charge is 0.262 e. The molecule has 2 aromatic rings. The van der Waals surface area contributed by atoms with Crippen molar-refractivity contribution in [3.8, 4) is 0 Å². The number of anilines is 1. The zero-order valence-corrected chi connectivity index (χ0v) is 14.0. The van der Waals surface area contributed by atoms with Gasteiger partial charge in [0.25, 0.3) is 10.0 Å². The molecule has 0 aliphatic carbocycles. The van der Waals surface area contributed by atoms with E-state index in [0.29, 0.717) is 11.3 Å². The fourth-order valence-electron chi connectivity index (χ4n) is 1.67. The molecule has 0 amide bonds. The normalized spacial score (nSPS) is 11.1. The molecule has 0 fully saturated rings. The highest BCUT2D eigenvalue weighted by atomic mass is 127. The van der Waals surface area contributed by atoms with Crippen molar-refractivity contribution in [2.75, 3.05) is 4.72 Å². The van der Waals surface area contributed by atoms with E-state index >= 15 is 0 Å². The van der Waals surface area contributed by atoms with Crippen LogP contribution in [0.2, 0.25) is 0 Å². The lowest BCUT2D eigenvalue weighted by atomic mass is 10.2. The Kier molecular flexibility index (Phi) is 4.61. The molecule has 0 spiro atoms. The highest BCUT2D eigenvalue weighted by molar-refractivity contribution is 14.1. The largest absolute Gasteiger partial charge is 0.389 e. The Bertz CT molecular complexity index is 760. The van der Waals surface area contributed by atoms with Gasteiger partial charge in [0.15, 0.2) is 0 Å². The zero-order valence-electron chi connectivity index (χ0n) is 10.2. The van der Waals surface area contributed by atoms with E-state index in [1.807, 2.05) is 6.07 Å². The van der Waals surface area contributed by atoms with E-state index < -0.39 is 10.0 Å². The molecule has 0 saturated heterocycles. The Morgan fingerprint density at radius 3 is 2.50 bits per heavy atom. The number of rotatable bonds is 4. The number of hydrogen-bond donors (Lipinski definition) is 2. The van der Waals surface area contributed by atoms with Crippen LogP contribution in [0.5, 0.6) is 0 Å². The molecule has 3 N–H and O–H groups in total. The minimum atomic E-state index is -3.73. The predicted molar refractivity (Wildman–Crippen MR) is 92.3 cm³/mol. The van der Waals surface area contributed by atoms with Crippen LogP contribution in [0.25, 0.3) is 0 Å². The standard InChI is InChI=1S/C13H11IN2O2S2/c14-9-4-3-5-10(8-9)16-20(17,18)12-7-2-1-6-11(12)13(15)19/h1-8,16H,(H2,15,19). The van der Waals surface area contributed by atoms with Crippen LogP contribution in [0.3, 0.4) is 0 Å². The van der Waals surface area contributed by atoms with E-state index in [1.54, 1.807) is 36.4 Å². The molecule has 0 radical (unpaired) electrons. The minimum Gasteiger partial charge on any atom is -0.389 e. The fourth-order valence-corrected chi connectivity index (χ4v) is 3.72. The van der Waals surface area contributed by atoms with E-state index in [-0.39, 0.29) is 9.88 Å². The minimum absolute atomic E-state index is 0.0496. The lowest BCUT2D eigenvalue weighted by Crippen LogP contribution is -2.19. The molecule has 0 atom stereocenters. The zero-order chi connectivity index (χ0) is 14.8. The first-order valence-corrected chi connectivity index (χ1v) is 8.54. The van der Waals surface area contributed by atoms with Crippen molar-refractivity contribution in [2.45, 2.75) is 4.90 Å². The monoisotopic (exact) mass is 418 g/mol. The van der Waals surface area contributed by atoms with Crippen LogP contribution < -0.4 is 10.5 Å². The van der Waals surface area contributed by atoms with Crippen LogP contribution in [0.1, 0.15) is 5.56 Å². The summed E-state index contributed by atoms with van der Waals surface area (Å²) >= 11 is 7.00. The van der Waals surface area contributed by atoms with E-state index in [9.17, 15) is 8.42 Å². The first-order valence-electron chi connectivity index (χ1n) is 5.57. The Labute approximate surface area is 136 Å². The van der Waals surface area contributed by atoms with Crippen LogP contribution in [0, 0.1) is 3.57 Å². The predicted octanol–water partition coefficient (Wildman–Crippen LogP) is 2.73. The average Bonchev–Trinajstić information content (AvgIpc) is 2.38. The fraction of sp³-hybridized carbons (Fsp3) is 0. The highest BCUT2D eigenvalue weighted by Gasteiger charge is 2.19. The van der Waals surface area contributed by atoms with Crippen LogP contribution in [0.15, 0.2) is 53.4 Å². The first-order chi connectivity index (χ1) is 9.40. The lowest BCUT2D eigenvalue weighted by Gasteiger charge is -2.11. The summed E-state index contributed by atoms with van der Waals surface area (Å²) in [5.41, 5.74) is 6.40. The van der Waals surface area contributed by atoms with Crippen molar-refractivity contribution in [2.24, 2.45) is 5.73 Å². The molecule has 20 heavy (non-hydrogen) atoms. The van der Waals surface area contributed by atoms with Gasteiger partial charge < -0.3 is 5.73 Å². The molecule has 4 nitrogen and oxygen atoms in total. The molecule has 0 bridgehead atoms. The van der Waals surface area contributed by atoms with Gasteiger partial charge in [-0.05, 0) is 46.9 Å². The second kappa shape index (κ2) is 6.06. The average molecular weight is 418 g/mol. The maximum Gasteiger partial charge on any atom is 0.262 e. The van der Waals surface area contributed by atoms with Crippen molar-refractivity contribution >= 4 is 55.5 Å². The number of thiocarbonyl (C=S) groups is 1. The maximum atomic E-state index is 12.4. The third kappa shape index (κ3) is 3.47. The molecule has 0 aromatic heterocycles. The molecule has 0 heterocycles. The molecule has 0 unspecified atom stereocenters. The van der Waals surface area contributed by atoms with Gasteiger partial charge in [-0.3, -0.25) is 4.72 Å². The number of sulfonamides is 1. The summed E-state index contributed by atoms with van der Waals surface area (Å²) in [5.74, 6) is 0. The van der Waals surface area contributed by atoms with E-state index in [1.165, 1.54) is 6.07 Å². The number of nitrogens with one attached hydrogen (secondary N) is 1. The second-order valence-electron chi connectivity index (χ2n) is 3.98. The van der Waals surface area contributed by atoms with Crippen molar-refractivity contribution in [3.63, 3.8) is 0 Å². The SMILES string of the molecule is NC(=S)c1ccccc1S(=O)(=O)Nc1cccc(I)c1. The van der Waals surface area contributed by atoms with Crippen LogP contribution >= 0.6 is 34.8 Å². The molecule has 0 saturated carbocycles. The topological polar surface area (TPSA) is 72.2 Å². The molecular formula is C13H11IN2O2S2. The summed E-state index contributed by atoms with van der Waals surface area (Å²) < 4.78 is 28.3. The van der Waals surface area contributed by atoms with Gasteiger partial charge in [0, 0.05) is 14.8 Å². The molecule has 2 rings (SSSR count). The second-order valence-corrected chi connectivity index (χ2v) is 7.31. The molecule has 104 valence electrons. The van der Waals surface area contributed by atoms with Crippen molar-refractivity contribution in [3.05, 3.63) is 57.7 Å². The van der Waals surface area contributed by atoms with Crippen LogP contribution in [-0.4, -0.2) is 13.4 Å². The summed E-state index contributed by atoms with van der Waals surface area (Å²) in [4.78, 5) is 0.125. The van der Waals surface area contributed by atoms with E-state index in [4.69, 9.17) is 18.0 Å². The highest BCUT2D eigenvalue weighted by Crippen LogP contribution is 2.20. The van der Waals surface area contributed by atoms with E-state index in [0.717, 1.165) is 3.57 Å². The van der Waals surface area contributed by atoms with Crippen LogP contribution in [0.4, 0.5) is 5.69 Å². The summed E-state index contributed by atoms with van der Waals surface area (Å²) in [6.45, 7) is 0. The van der Waals surface area contributed by atoms with Crippen molar-refractivity contribution in [1.29, 1.82) is 0 Å². The number of halogens is 1. The summed E-state index contributed by atoms with van der Waals surface area (Å²) in [7, 11) is -3.73. The van der Waals surface area contributed by atoms with Gasteiger partial charge in [-0.1, -0.05) is 36.5 Å². The van der Waals surface area contributed by atoms with E-state index in [2.05, 4.69) is 27.3 Å². The summed E-state index contributed by atoms with van der Waals surface area (Å²) in [6.07, 6.45) is 0. The van der Waals surface area contributed by atoms with Gasteiger partial charge in [-0.2, -0.15) is 0 Å². The van der Waals surface area contributed by atoms with Gasteiger partial charge in [0.2, 0.25) is 0 Å². The Hall–Kier alpha value is -1.19. The molecule has 0 aliphatic heterocycles. The van der Waals surface area contributed by atoms with Gasteiger partial charge >= 0.3 is 0 Å². The molecule has 7 heteroatoms. The van der Waals surface area contributed by atoms with Gasteiger partial charge in [0.05, 0.1) is 4.90 Å². The maximum absolute atomic E-state index is 12.4. The third-order valence-corrected chi connectivity index (χ3v) is 4.85. The number of hydrogen-bond acceptors (Lipinski definition) is 3. The number of benzene rings is 2. The number of nitrogens with two attached hydrogens (primary N) is 1. The third-order valence-electron chi connectivity index (χ3n) is 2.52. The van der Waals surface area contributed by atoms with Crippen molar-refractivity contribution in [1.82, 2.24) is 0 Å². The van der Waals surface area contributed by atoms with Crippen molar-refractivity contribution < 1.29 is 8.42 Å².